The Morgan fingerprint density at radius 2 is 2.16 bits per heavy atom. The lowest BCUT2D eigenvalue weighted by molar-refractivity contribution is -0.143. The van der Waals surface area contributed by atoms with Gasteiger partial charge in [0.25, 0.3) is 0 Å². The highest BCUT2D eigenvalue weighted by atomic mass is 35.5. The Kier molecular flexibility index (Phi) is 7.26. The number of hydrogen-bond donors (Lipinski definition) is 1. The molecule has 106 valence electrons. The summed E-state index contributed by atoms with van der Waals surface area (Å²) in [6.07, 6.45) is 2.96. The average molecular weight is 288 g/mol. The molecule has 0 amide bonds. The number of carbonyl (C=O) groups is 1. The summed E-state index contributed by atoms with van der Waals surface area (Å²) in [6, 6.07) is 4.59. The molecule has 0 aliphatic carbocycles. The largest absolute Gasteiger partial charge is 0.466 e. The maximum atomic E-state index is 13.4. The molecule has 0 saturated heterocycles. The van der Waals surface area contributed by atoms with E-state index in [0.29, 0.717) is 30.3 Å². The van der Waals surface area contributed by atoms with Crippen LogP contribution in [0.4, 0.5) is 10.1 Å². The summed E-state index contributed by atoms with van der Waals surface area (Å²) in [4.78, 5) is 11.1. The number of hydrogen-bond acceptors (Lipinski definition) is 3. The van der Waals surface area contributed by atoms with Gasteiger partial charge in [-0.2, -0.15) is 0 Å². The van der Waals surface area contributed by atoms with Crippen molar-refractivity contribution in [3.05, 3.63) is 29.0 Å². The predicted molar refractivity (Wildman–Crippen MR) is 75.0 cm³/mol. The van der Waals surface area contributed by atoms with Crippen LogP contribution >= 0.6 is 11.6 Å². The van der Waals surface area contributed by atoms with Crippen molar-refractivity contribution in [3.8, 4) is 0 Å². The third kappa shape index (κ3) is 5.92. The lowest BCUT2D eigenvalue weighted by Gasteiger charge is -2.09. The number of nitrogens with one attached hydrogen (secondary N) is 1. The summed E-state index contributed by atoms with van der Waals surface area (Å²) in [5, 5.41) is 3.35. The minimum absolute atomic E-state index is 0.160. The van der Waals surface area contributed by atoms with E-state index in [1.807, 2.05) is 0 Å². The molecule has 0 fully saturated rings. The molecule has 0 spiro atoms. The molecule has 0 radical (unpaired) electrons. The van der Waals surface area contributed by atoms with Crippen LogP contribution in [0.1, 0.15) is 32.6 Å². The van der Waals surface area contributed by atoms with Crippen LogP contribution in [0, 0.1) is 5.82 Å². The van der Waals surface area contributed by atoms with Crippen molar-refractivity contribution in [2.45, 2.75) is 32.6 Å². The van der Waals surface area contributed by atoms with Gasteiger partial charge in [0.15, 0.2) is 0 Å². The number of carbonyl (C=O) groups excluding carboxylic acids is 1. The van der Waals surface area contributed by atoms with E-state index >= 15 is 0 Å². The van der Waals surface area contributed by atoms with E-state index in [-0.39, 0.29) is 11.8 Å². The number of anilines is 1. The molecule has 0 saturated carbocycles. The van der Waals surface area contributed by atoms with Crippen LogP contribution in [0.3, 0.4) is 0 Å². The number of unbranched alkanes of at least 4 members (excludes halogenated alkanes) is 2. The first-order valence-corrected chi connectivity index (χ1v) is 6.86. The van der Waals surface area contributed by atoms with E-state index in [1.165, 1.54) is 6.07 Å². The molecule has 19 heavy (non-hydrogen) atoms. The maximum absolute atomic E-state index is 13.4. The number of para-hydroxylation sites is 1. The van der Waals surface area contributed by atoms with Gasteiger partial charge in [-0.05, 0) is 31.9 Å². The fourth-order valence-electron chi connectivity index (χ4n) is 1.68. The fourth-order valence-corrected chi connectivity index (χ4v) is 1.91. The first-order valence-electron chi connectivity index (χ1n) is 6.48. The third-order valence-corrected chi connectivity index (χ3v) is 2.94. The number of rotatable bonds is 8. The summed E-state index contributed by atoms with van der Waals surface area (Å²) in [5.41, 5.74) is 0.342. The molecule has 0 unspecified atom stereocenters. The normalized spacial score (nSPS) is 10.3. The van der Waals surface area contributed by atoms with Gasteiger partial charge in [0.1, 0.15) is 5.82 Å². The maximum Gasteiger partial charge on any atom is 0.305 e. The summed E-state index contributed by atoms with van der Waals surface area (Å²) < 4.78 is 18.2. The Morgan fingerprint density at radius 1 is 1.37 bits per heavy atom. The first kappa shape index (κ1) is 15.8. The summed E-state index contributed by atoms with van der Waals surface area (Å²) in [5.74, 6) is -0.508. The zero-order valence-electron chi connectivity index (χ0n) is 11.0. The Balaban J connectivity index is 2.16. The Morgan fingerprint density at radius 3 is 2.84 bits per heavy atom. The smallest absolute Gasteiger partial charge is 0.305 e. The first-order chi connectivity index (χ1) is 9.15. The van der Waals surface area contributed by atoms with Crippen molar-refractivity contribution in [2.24, 2.45) is 0 Å². The Labute approximate surface area is 118 Å². The molecule has 3 nitrogen and oxygen atoms in total. The molecule has 0 aromatic heterocycles. The van der Waals surface area contributed by atoms with E-state index in [2.05, 4.69) is 5.32 Å². The van der Waals surface area contributed by atoms with E-state index in [9.17, 15) is 9.18 Å². The number of benzene rings is 1. The number of halogens is 2. The van der Waals surface area contributed by atoms with E-state index in [0.717, 1.165) is 19.3 Å². The molecule has 0 bridgehead atoms. The zero-order chi connectivity index (χ0) is 14.1. The lowest BCUT2D eigenvalue weighted by Crippen LogP contribution is -2.06. The second kappa shape index (κ2) is 8.75. The molecule has 0 aliphatic heterocycles. The molecule has 5 heteroatoms. The second-order valence-electron chi connectivity index (χ2n) is 4.14. The van der Waals surface area contributed by atoms with Gasteiger partial charge in [-0.25, -0.2) is 4.39 Å². The van der Waals surface area contributed by atoms with Crippen molar-refractivity contribution in [1.29, 1.82) is 0 Å². The van der Waals surface area contributed by atoms with Gasteiger partial charge in [0, 0.05) is 13.0 Å². The van der Waals surface area contributed by atoms with Crippen molar-refractivity contribution in [3.63, 3.8) is 0 Å². The highest BCUT2D eigenvalue weighted by molar-refractivity contribution is 6.33. The van der Waals surface area contributed by atoms with Gasteiger partial charge < -0.3 is 10.1 Å². The molecule has 1 rings (SSSR count). The lowest BCUT2D eigenvalue weighted by atomic mass is 10.2. The minimum Gasteiger partial charge on any atom is -0.466 e. The minimum atomic E-state index is -0.348. The second-order valence-corrected chi connectivity index (χ2v) is 4.55. The summed E-state index contributed by atoms with van der Waals surface area (Å²) in [7, 11) is 0. The molecule has 1 N–H and O–H groups in total. The van der Waals surface area contributed by atoms with Crippen LogP contribution in [0.5, 0.6) is 0 Å². The van der Waals surface area contributed by atoms with Crippen LogP contribution in [-0.2, 0) is 9.53 Å². The van der Waals surface area contributed by atoms with Gasteiger partial charge >= 0.3 is 5.97 Å². The van der Waals surface area contributed by atoms with E-state index in [4.69, 9.17) is 16.3 Å². The summed E-state index contributed by atoms with van der Waals surface area (Å²) in [6.45, 7) is 2.84. The number of esters is 1. The quantitative estimate of drug-likeness (QED) is 0.580. The SMILES string of the molecule is CCOC(=O)CCCCCNc1c(F)cccc1Cl. The standard InChI is InChI=1S/C14H19ClFNO2/c1-2-19-13(18)9-4-3-5-10-17-14-11(15)7-6-8-12(14)16/h6-8,17H,2-5,9-10H2,1H3. The van der Waals surface area contributed by atoms with Crippen molar-refractivity contribution in [1.82, 2.24) is 0 Å². The van der Waals surface area contributed by atoms with E-state index < -0.39 is 0 Å². The molecule has 0 aliphatic rings. The molecule has 0 heterocycles. The molecular weight excluding hydrogens is 269 g/mol. The van der Waals surface area contributed by atoms with Gasteiger partial charge in [0.05, 0.1) is 17.3 Å². The van der Waals surface area contributed by atoms with Crippen LogP contribution in [0.2, 0.25) is 5.02 Å². The fraction of sp³-hybridized carbons (Fsp3) is 0.500. The number of ether oxygens (including phenoxy) is 1. The molecular formula is C14H19ClFNO2. The topological polar surface area (TPSA) is 38.3 Å². The van der Waals surface area contributed by atoms with Crippen LogP contribution < -0.4 is 5.32 Å². The highest BCUT2D eigenvalue weighted by Crippen LogP contribution is 2.24. The third-order valence-electron chi connectivity index (χ3n) is 2.63. The van der Waals surface area contributed by atoms with Gasteiger partial charge in [0.2, 0.25) is 0 Å². The van der Waals surface area contributed by atoms with Crippen molar-refractivity contribution < 1.29 is 13.9 Å². The van der Waals surface area contributed by atoms with Crippen LogP contribution in [-0.4, -0.2) is 19.1 Å². The van der Waals surface area contributed by atoms with Crippen LogP contribution in [0.25, 0.3) is 0 Å². The monoisotopic (exact) mass is 287 g/mol. The molecule has 1 aromatic rings. The van der Waals surface area contributed by atoms with Gasteiger partial charge in [-0.3, -0.25) is 4.79 Å². The zero-order valence-corrected chi connectivity index (χ0v) is 11.8. The van der Waals surface area contributed by atoms with Crippen molar-refractivity contribution >= 4 is 23.3 Å². The van der Waals surface area contributed by atoms with E-state index in [1.54, 1.807) is 19.1 Å². The predicted octanol–water partition coefficient (Wildman–Crippen LogP) is 4.01. The van der Waals surface area contributed by atoms with Gasteiger partial charge in [-0.15, -0.1) is 0 Å². The average Bonchev–Trinajstić information content (AvgIpc) is 2.36. The van der Waals surface area contributed by atoms with Crippen molar-refractivity contribution in [2.75, 3.05) is 18.5 Å². The summed E-state index contributed by atoms with van der Waals surface area (Å²) >= 11 is 5.88. The Bertz CT molecular complexity index is 392. The molecule has 0 atom stereocenters. The molecule has 1 aromatic carbocycles. The Hall–Kier alpha value is -1.29. The van der Waals surface area contributed by atoms with Crippen LogP contribution in [0.15, 0.2) is 18.2 Å². The van der Waals surface area contributed by atoms with Gasteiger partial charge in [-0.1, -0.05) is 24.1 Å². The highest BCUT2D eigenvalue weighted by Gasteiger charge is 2.05.